The number of furan rings is 2. The number of nitrogens with one attached hydrogen (secondary N) is 1. The third kappa shape index (κ3) is 5.71. The molecule has 0 spiro atoms. The molecule has 0 saturated carbocycles. The molecule has 0 amide bonds. The molecule has 1 N–H and O–H groups in total. The minimum atomic E-state index is -0.194. The second-order valence-corrected chi connectivity index (χ2v) is 21.3. The van der Waals surface area contributed by atoms with Gasteiger partial charge in [-0.3, -0.25) is 0 Å². The van der Waals surface area contributed by atoms with E-state index in [1.807, 2.05) is 12.1 Å². The van der Waals surface area contributed by atoms with E-state index in [1.165, 1.54) is 60.7 Å². The van der Waals surface area contributed by atoms with Crippen LogP contribution in [0.15, 0.2) is 160 Å². The summed E-state index contributed by atoms with van der Waals surface area (Å²) in [7, 11) is 2.40. The summed E-state index contributed by atoms with van der Waals surface area (Å²) >= 11 is 0. The molecule has 0 saturated heterocycles. The van der Waals surface area contributed by atoms with Crippen molar-refractivity contribution < 1.29 is 8.83 Å². The van der Waals surface area contributed by atoms with Crippen molar-refractivity contribution in [2.24, 2.45) is 0 Å². The Balaban J connectivity index is 1.08. The summed E-state index contributed by atoms with van der Waals surface area (Å²) in [5.74, 6) is 0.861. The third-order valence-corrected chi connectivity index (χ3v) is 14.7. The first-order valence-electron chi connectivity index (χ1n) is 23.3. The van der Waals surface area contributed by atoms with E-state index in [2.05, 4.69) is 212 Å². The van der Waals surface area contributed by atoms with E-state index in [-0.39, 0.29) is 16.2 Å². The molecule has 0 bridgehead atoms. The summed E-state index contributed by atoms with van der Waals surface area (Å²) in [6, 6.07) is 55.9. The molecule has 0 atom stereocenters. The first kappa shape index (κ1) is 39.2. The average molecular weight is 854 g/mol. The molecule has 66 heavy (non-hydrogen) atoms. The van der Waals surface area contributed by atoms with Gasteiger partial charge in [-0.1, -0.05) is 152 Å². The highest BCUT2D eigenvalue weighted by Crippen LogP contribution is 2.53. The van der Waals surface area contributed by atoms with E-state index in [9.17, 15) is 0 Å². The van der Waals surface area contributed by atoms with Gasteiger partial charge in [-0.2, -0.15) is 0 Å². The lowest BCUT2D eigenvalue weighted by Gasteiger charge is -2.27. The number of hydrogen-bond acceptors (Lipinski definition) is 3. The Bertz CT molecular complexity index is 3850. The van der Waals surface area contributed by atoms with Crippen LogP contribution in [0, 0.1) is 0 Å². The van der Waals surface area contributed by atoms with Crippen molar-refractivity contribution in [3.8, 4) is 39.3 Å². The maximum atomic E-state index is 6.65. The molecule has 4 nitrogen and oxygen atoms in total. The summed E-state index contributed by atoms with van der Waals surface area (Å²) in [5, 5.41) is 9.73. The topological polar surface area (TPSA) is 43.2 Å². The van der Waals surface area contributed by atoms with Crippen LogP contribution in [0.2, 0.25) is 0 Å². The highest BCUT2D eigenvalue weighted by atomic mass is 16.3. The first-order chi connectivity index (χ1) is 31.7. The van der Waals surface area contributed by atoms with Crippen LogP contribution in [0.1, 0.15) is 77.6 Å². The van der Waals surface area contributed by atoms with Gasteiger partial charge in [-0.25, -0.2) is 0 Å². The molecule has 3 aromatic heterocycles. The molecule has 0 fully saturated rings. The summed E-state index contributed by atoms with van der Waals surface area (Å²) < 4.78 is 15.7. The number of benzene rings is 8. The number of hydrogen-bond donors (Lipinski definition) is 1. The second kappa shape index (κ2) is 13.4. The van der Waals surface area contributed by atoms with Crippen LogP contribution >= 0.6 is 0 Å². The largest absolute Gasteiger partial charge is 0.456 e. The second-order valence-electron chi connectivity index (χ2n) is 21.3. The van der Waals surface area contributed by atoms with Gasteiger partial charge in [-0.15, -0.1) is 0 Å². The van der Waals surface area contributed by atoms with Crippen molar-refractivity contribution in [3.05, 3.63) is 174 Å². The van der Waals surface area contributed by atoms with Crippen molar-refractivity contribution >= 4 is 84.3 Å². The van der Waals surface area contributed by atoms with Gasteiger partial charge in [0.25, 0.3) is 0 Å². The van der Waals surface area contributed by atoms with Gasteiger partial charge in [0, 0.05) is 72.1 Å². The Kier molecular flexibility index (Phi) is 7.96. The molecule has 8 aromatic carbocycles. The van der Waals surface area contributed by atoms with Crippen LogP contribution in [0.5, 0.6) is 0 Å². The number of fused-ring (bicyclic) bond motifs is 12. The predicted molar refractivity (Wildman–Crippen MR) is 278 cm³/mol. The van der Waals surface area contributed by atoms with Gasteiger partial charge >= 0.3 is 0 Å². The van der Waals surface area contributed by atoms with Crippen molar-refractivity contribution in [2.75, 3.05) is 5.32 Å². The van der Waals surface area contributed by atoms with Gasteiger partial charge in [0.05, 0.1) is 5.52 Å². The number of aromatic nitrogens is 1. The van der Waals surface area contributed by atoms with Crippen LogP contribution in [-0.4, -0.2) is 11.8 Å². The first-order valence-corrected chi connectivity index (χ1v) is 23.3. The smallest absolute Gasteiger partial charge is 0.198 e. The molecule has 5 heteroatoms. The number of rotatable bonds is 4. The van der Waals surface area contributed by atoms with Crippen LogP contribution < -0.4 is 16.2 Å². The molecule has 2 aliphatic rings. The van der Waals surface area contributed by atoms with Crippen molar-refractivity contribution in [1.82, 2.24) is 4.57 Å². The minimum Gasteiger partial charge on any atom is -0.456 e. The average Bonchev–Trinajstić information content (AvgIpc) is 4.03. The molecule has 1 aliphatic carbocycles. The predicted octanol–water partition coefficient (Wildman–Crippen LogP) is 15.4. The molecule has 319 valence electrons. The lowest BCUT2D eigenvalue weighted by Crippen LogP contribution is -2.37. The zero-order valence-electron chi connectivity index (χ0n) is 38.8. The Morgan fingerprint density at radius 2 is 1.26 bits per heavy atom. The molecule has 0 unspecified atom stereocenters. The summed E-state index contributed by atoms with van der Waals surface area (Å²) in [4.78, 5) is 0. The maximum Gasteiger partial charge on any atom is 0.198 e. The zero-order valence-corrected chi connectivity index (χ0v) is 38.8. The molecular weight excluding hydrogens is 803 g/mol. The molecule has 4 heterocycles. The van der Waals surface area contributed by atoms with Crippen molar-refractivity contribution in [3.63, 3.8) is 0 Å². The van der Waals surface area contributed by atoms with Gasteiger partial charge in [0.2, 0.25) is 0 Å². The van der Waals surface area contributed by atoms with Gasteiger partial charge in [0.1, 0.15) is 22.5 Å². The highest BCUT2D eigenvalue weighted by molar-refractivity contribution is 6.73. The normalized spacial score (nSPS) is 14.0. The van der Waals surface area contributed by atoms with Gasteiger partial charge in [0.15, 0.2) is 7.28 Å². The SMILES string of the molecule is CC(C)(C)c1ccc(Nc2cc3c(cc2-c2ccc4c5cc6c(cc5n5c4c2[B]c2cc4oc(-c7ccccc7)cc4cc2-5)oc2ccccc26)-c2ccc(C(C)(C)C)cc2C3(C)C)cc1. The Labute approximate surface area is 386 Å². The maximum absolute atomic E-state index is 6.65. The molecular formula is C61H50BN2O2. The number of para-hydroxylation sites is 1. The van der Waals surface area contributed by atoms with E-state index in [4.69, 9.17) is 8.83 Å². The summed E-state index contributed by atoms with van der Waals surface area (Å²) in [6.45, 7) is 18.5. The molecule has 13 rings (SSSR count). The van der Waals surface area contributed by atoms with E-state index in [0.29, 0.717) is 0 Å². The molecule has 11 aromatic rings. The number of anilines is 2. The lowest BCUT2D eigenvalue weighted by molar-refractivity contribution is 0.584. The van der Waals surface area contributed by atoms with E-state index < -0.39 is 0 Å². The summed E-state index contributed by atoms with van der Waals surface area (Å²) in [5.41, 5.74) is 21.8. The summed E-state index contributed by atoms with van der Waals surface area (Å²) in [6.07, 6.45) is 0. The molecule has 1 radical (unpaired) electrons. The van der Waals surface area contributed by atoms with E-state index in [0.717, 1.165) is 77.8 Å². The standard InChI is InChI=1S/C61H50BN2O2/c1-59(2,3)36-18-21-38(22-19-36)63-50-31-48-43(39-23-20-37(60(4,5)6)28-47(39)61(48,7)8)29-44(50)41-24-25-42-45-30-46-40-16-12-13-17-53(40)65-56(46)33-51(45)64-52-26-35-27-54(34-14-10-9-11-15-34)66-55(35)32-49(52)62-57(41)58(42)64/h9-33,63H,1-8H3. The van der Waals surface area contributed by atoms with Crippen molar-refractivity contribution in [2.45, 2.75) is 71.6 Å². The van der Waals surface area contributed by atoms with Crippen LogP contribution in [0.25, 0.3) is 94.0 Å². The number of nitrogens with zero attached hydrogens (tertiary/aromatic N) is 1. The van der Waals surface area contributed by atoms with E-state index in [1.54, 1.807) is 0 Å². The van der Waals surface area contributed by atoms with Crippen LogP contribution in [-0.2, 0) is 16.2 Å². The fourth-order valence-corrected chi connectivity index (χ4v) is 11.1. The van der Waals surface area contributed by atoms with Gasteiger partial charge in [-0.05, 0) is 110 Å². The monoisotopic (exact) mass is 853 g/mol. The lowest BCUT2D eigenvalue weighted by atomic mass is 9.59. The van der Waals surface area contributed by atoms with Crippen molar-refractivity contribution in [1.29, 1.82) is 0 Å². The Hall–Kier alpha value is -7.24. The van der Waals surface area contributed by atoms with Gasteiger partial charge < -0.3 is 18.7 Å². The van der Waals surface area contributed by atoms with Crippen LogP contribution in [0.4, 0.5) is 11.4 Å². The third-order valence-electron chi connectivity index (χ3n) is 14.7. The highest BCUT2D eigenvalue weighted by Gasteiger charge is 2.38. The van der Waals surface area contributed by atoms with Crippen LogP contribution in [0.3, 0.4) is 0 Å². The Morgan fingerprint density at radius 3 is 2.05 bits per heavy atom. The van der Waals surface area contributed by atoms with E-state index >= 15 is 0 Å². The molecule has 1 aliphatic heterocycles. The fourth-order valence-electron chi connectivity index (χ4n) is 11.1. The fraction of sp³-hybridized carbons (Fsp3) is 0.180. The minimum absolute atomic E-state index is 0.0413. The zero-order chi connectivity index (χ0) is 45.0. The Morgan fingerprint density at radius 1 is 0.530 bits per heavy atom. The quantitative estimate of drug-likeness (QED) is 0.179.